The second kappa shape index (κ2) is 6.75. The van der Waals surface area contributed by atoms with Gasteiger partial charge in [0.05, 0.1) is 18.6 Å². The molecule has 0 saturated heterocycles. The average Bonchev–Trinajstić information content (AvgIpc) is 3.03. The van der Waals surface area contributed by atoms with Crippen LogP contribution in [0.2, 0.25) is 5.02 Å². The van der Waals surface area contributed by atoms with Crippen molar-refractivity contribution in [3.05, 3.63) is 71.3 Å². The molecule has 0 aliphatic carbocycles. The minimum atomic E-state index is -0.128. The number of aliphatic hydroxyl groups excluding tert-OH is 1. The molecule has 0 saturated carbocycles. The minimum Gasteiger partial charge on any atom is -0.392 e. The van der Waals surface area contributed by atoms with Gasteiger partial charge in [-0.05, 0) is 29.3 Å². The molecule has 0 aliphatic heterocycles. The molecule has 24 heavy (non-hydrogen) atoms. The number of hydrogen-bond donors (Lipinski definition) is 1. The van der Waals surface area contributed by atoms with Crippen molar-refractivity contribution in [2.75, 3.05) is 0 Å². The smallest absolute Gasteiger partial charge is 0.107 e. The highest BCUT2D eigenvalue weighted by molar-refractivity contribution is 6.31. The van der Waals surface area contributed by atoms with E-state index < -0.39 is 0 Å². The zero-order valence-electron chi connectivity index (χ0n) is 13.8. The van der Waals surface area contributed by atoms with Crippen LogP contribution in [0, 0.1) is 0 Å². The Bertz CT molecular complexity index is 842. The van der Waals surface area contributed by atoms with Crippen LogP contribution in [0.5, 0.6) is 0 Å². The van der Waals surface area contributed by atoms with Gasteiger partial charge in [0.25, 0.3) is 0 Å². The normalized spacial score (nSPS) is 11.7. The van der Waals surface area contributed by atoms with Crippen LogP contribution in [0.25, 0.3) is 11.4 Å². The topological polar surface area (TPSA) is 50.9 Å². The molecule has 4 nitrogen and oxygen atoms in total. The van der Waals surface area contributed by atoms with Gasteiger partial charge in [-0.1, -0.05) is 43.6 Å². The van der Waals surface area contributed by atoms with E-state index in [9.17, 15) is 5.11 Å². The number of imidazole rings is 1. The fourth-order valence-electron chi connectivity index (χ4n) is 2.84. The highest BCUT2D eigenvalue weighted by Crippen LogP contribution is 2.31. The monoisotopic (exact) mass is 341 g/mol. The predicted octanol–water partition coefficient (Wildman–Crippen LogP) is 4.07. The van der Waals surface area contributed by atoms with Crippen molar-refractivity contribution in [2.24, 2.45) is 0 Å². The van der Waals surface area contributed by atoms with Crippen molar-refractivity contribution in [2.45, 2.75) is 32.4 Å². The minimum absolute atomic E-state index is 0.00420. The molecule has 0 atom stereocenters. The molecule has 0 amide bonds. The molecular weight excluding hydrogens is 322 g/mol. The molecule has 5 heteroatoms. The van der Waals surface area contributed by atoms with Crippen molar-refractivity contribution in [3.63, 3.8) is 0 Å². The Hall–Kier alpha value is -2.17. The van der Waals surface area contributed by atoms with Gasteiger partial charge in [0, 0.05) is 29.4 Å². The Balaban J connectivity index is 1.84. The van der Waals surface area contributed by atoms with Crippen molar-refractivity contribution < 1.29 is 5.11 Å². The van der Waals surface area contributed by atoms with Gasteiger partial charge >= 0.3 is 0 Å². The van der Waals surface area contributed by atoms with Gasteiger partial charge in [-0.3, -0.25) is 4.98 Å². The molecule has 2 heterocycles. The molecule has 3 aromatic rings. The lowest BCUT2D eigenvalue weighted by atomic mass is 9.84. The second-order valence-electron chi connectivity index (χ2n) is 6.50. The van der Waals surface area contributed by atoms with Gasteiger partial charge in [0.1, 0.15) is 5.69 Å². The maximum absolute atomic E-state index is 9.25. The third-order valence-corrected chi connectivity index (χ3v) is 4.41. The summed E-state index contributed by atoms with van der Waals surface area (Å²) < 4.78 is 2.05. The molecule has 0 radical (unpaired) electrons. The zero-order chi connectivity index (χ0) is 17.2. The van der Waals surface area contributed by atoms with Gasteiger partial charge in [-0.2, -0.15) is 0 Å². The van der Waals surface area contributed by atoms with Crippen molar-refractivity contribution in [1.29, 1.82) is 0 Å². The summed E-state index contributed by atoms with van der Waals surface area (Å²) in [6.45, 7) is 5.08. The van der Waals surface area contributed by atoms with Gasteiger partial charge in [-0.15, -0.1) is 0 Å². The Morgan fingerprint density at radius 3 is 2.67 bits per heavy atom. The number of halogens is 1. The Kier molecular flexibility index (Phi) is 4.69. The summed E-state index contributed by atoms with van der Waals surface area (Å²) in [7, 11) is 0. The van der Waals surface area contributed by atoms with Crippen LogP contribution in [-0.2, 0) is 18.6 Å². The predicted molar refractivity (Wildman–Crippen MR) is 95.9 cm³/mol. The first-order valence-electron chi connectivity index (χ1n) is 7.82. The molecule has 0 bridgehead atoms. The van der Waals surface area contributed by atoms with Gasteiger partial charge in [-0.25, -0.2) is 4.98 Å². The summed E-state index contributed by atoms with van der Waals surface area (Å²) in [6.07, 6.45) is 5.47. The lowest BCUT2D eigenvalue weighted by molar-refractivity contribution is 0.282. The van der Waals surface area contributed by atoms with Gasteiger partial charge in [0.2, 0.25) is 0 Å². The van der Waals surface area contributed by atoms with Gasteiger partial charge < -0.3 is 9.67 Å². The Morgan fingerprint density at radius 1 is 1.12 bits per heavy atom. The molecule has 0 fully saturated rings. The molecule has 1 aromatic carbocycles. The zero-order valence-corrected chi connectivity index (χ0v) is 14.5. The molecule has 1 N–H and O–H groups in total. The fraction of sp³-hybridized carbons (Fsp3) is 0.263. The van der Waals surface area contributed by atoms with E-state index in [1.807, 2.05) is 35.0 Å². The van der Waals surface area contributed by atoms with Crippen molar-refractivity contribution in [1.82, 2.24) is 14.5 Å². The Morgan fingerprint density at radius 2 is 1.92 bits per heavy atom. The highest BCUT2D eigenvalue weighted by atomic mass is 35.5. The van der Waals surface area contributed by atoms with E-state index in [1.165, 1.54) is 0 Å². The molecule has 0 unspecified atom stereocenters. The molecule has 3 rings (SSSR count). The first kappa shape index (κ1) is 16.7. The lowest BCUT2D eigenvalue weighted by Gasteiger charge is -2.26. The number of rotatable bonds is 5. The van der Waals surface area contributed by atoms with Crippen LogP contribution < -0.4 is 0 Å². The summed E-state index contributed by atoms with van der Waals surface area (Å²) in [5, 5.41) is 10.0. The maximum Gasteiger partial charge on any atom is 0.107 e. The van der Waals surface area contributed by atoms with Crippen LogP contribution in [0.15, 0.2) is 55.1 Å². The number of benzene rings is 1. The number of nitrogens with zero attached hydrogens (tertiary/aromatic N) is 3. The van der Waals surface area contributed by atoms with Crippen LogP contribution in [0.1, 0.15) is 25.0 Å². The summed E-state index contributed by atoms with van der Waals surface area (Å²) in [5.74, 6) is 0. The number of aliphatic hydroxyl groups is 1. The van der Waals surface area contributed by atoms with E-state index in [4.69, 9.17) is 11.6 Å². The second-order valence-corrected chi connectivity index (χ2v) is 6.91. The third-order valence-electron chi connectivity index (χ3n) is 4.08. The molecule has 124 valence electrons. The van der Waals surface area contributed by atoms with E-state index >= 15 is 0 Å². The van der Waals surface area contributed by atoms with Gasteiger partial charge in [0.15, 0.2) is 0 Å². The number of pyridine rings is 1. The summed E-state index contributed by atoms with van der Waals surface area (Å²) in [4.78, 5) is 8.78. The van der Waals surface area contributed by atoms with Crippen LogP contribution >= 0.6 is 11.6 Å². The molecule has 0 spiro atoms. The van der Waals surface area contributed by atoms with Crippen LogP contribution in [-0.4, -0.2) is 19.6 Å². The summed E-state index contributed by atoms with van der Waals surface area (Å²) in [6, 6.07) is 11.6. The van der Waals surface area contributed by atoms with E-state index in [2.05, 4.69) is 29.9 Å². The first-order chi connectivity index (χ1) is 11.5. The number of aromatic nitrogens is 3. The van der Waals surface area contributed by atoms with Crippen LogP contribution in [0.4, 0.5) is 0 Å². The quantitative estimate of drug-likeness (QED) is 0.761. The summed E-state index contributed by atoms with van der Waals surface area (Å²) >= 11 is 6.35. The summed E-state index contributed by atoms with van der Waals surface area (Å²) in [5.41, 5.74) is 3.36. The fourth-order valence-corrected chi connectivity index (χ4v) is 3.23. The van der Waals surface area contributed by atoms with E-state index in [1.54, 1.807) is 18.6 Å². The SMILES string of the molecule is CC(C)(Cn1cnc(-c2cc(CO)ccn2)c1)c1ccccc1Cl. The molecule has 0 aliphatic rings. The first-order valence-corrected chi connectivity index (χ1v) is 8.20. The standard InChI is InChI=1S/C19H20ClN3O/c1-19(2,15-5-3-4-6-16(15)20)12-23-10-18(22-13-23)17-9-14(11-24)7-8-21-17/h3-10,13,24H,11-12H2,1-2H3. The van der Waals surface area contributed by atoms with Crippen LogP contribution in [0.3, 0.4) is 0 Å². The Labute approximate surface area is 146 Å². The molecule has 2 aromatic heterocycles. The van der Waals surface area contributed by atoms with Crippen molar-refractivity contribution in [3.8, 4) is 11.4 Å². The average molecular weight is 342 g/mol. The number of hydrogen-bond acceptors (Lipinski definition) is 3. The maximum atomic E-state index is 9.25. The van der Waals surface area contributed by atoms with E-state index in [0.29, 0.717) is 0 Å². The molecular formula is C19H20ClN3O. The van der Waals surface area contributed by atoms with Crippen molar-refractivity contribution >= 4 is 11.6 Å². The van der Waals surface area contributed by atoms with E-state index in [0.717, 1.165) is 34.1 Å². The largest absolute Gasteiger partial charge is 0.392 e. The van der Waals surface area contributed by atoms with E-state index in [-0.39, 0.29) is 12.0 Å². The lowest BCUT2D eigenvalue weighted by Crippen LogP contribution is -2.24. The third kappa shape index (κ3) is 3.50. The highest BCUT2D eigenvalue weighted by Gasteiger charge is 2.24.